The number of rotatable bonds is 4. The average molecular weight is 386 g/mol. The van der Waals surface area contributed by atoms with Crippen molar-refractivity contribution in [2.45, 2.75) is 6.42 Å². The number of nitro benzene ring substituents is 1. The van der Waals surface area contributed by atoms with Gasteiger partial charge in [0.1, 0.15) is 10.8 Å². The maximum Gasteiger partial charge on any atom is 0.288 e. The third-order valence-electron chi connectivity index (χ3n) is 4.10. The molecule has 6 nitrogen and oxygen atoms in total. The van der Waals surface area contributed by atoms with Gasteiger partial charge in [0.15, 0.2) is 0 Å². The molecule has 0 bridgehead atoms. The highest BCUT2D eigenvalue weighted by Crippen LogP contribution is 2.42. The van der Waals surface area contributed by atoms with Crippen molar-refractivity contribution < 1.29 is 9.66 Å². The van der Waals surface area contributed by atoms with Gasteiger partial charge >= 0.3 is 0 Å². The third kappa shape index (κ3) is 2.95. The van der Waals surface area contributed by atoms with Crippen molar-refractivity contribution in [2.75, 3.05) is 7.11 Å². The van der Waals surface area contributed by atoms with Crippen molar-refractivity contribution in [3.05, 3.63) is 67.5 Å². The predicted molar refractivity (Wildman–Crippen MR) is 102 cm³/mol. The lowest BCUT2D eigenvalue weighted by Crippen LogP contribution is -1.91. The Morgan fingerprint density at radius 1 is 1.35 bits per heavy atom. The second-order valence-electron chi connectivity index (χ2n) is 5.69. The summed E-state index contributed by atoms with van der Waals surface area (Å²) in [4.78, 5) is 20.6. The number of aromatic nitrogens is 1. The molecule has 0 radical (unpaired) electrons. The number of thiazole rings is 1. The van der Waals surface area contributed by atoms with Gasteiger partial charge in [0, 0.05) is 29.1 Å². The van der Waals surface area contributed by atoms with Crippen molar-refractivity contribution in [1.82, 2.24) is 4.98 Å². The van der Waals surface area contributed by atoms with Crippen LogP contribution in [0.5, 0.6) is 5.75 Å². The van der Waals surface area contributed by atoms with Gasteiger partial charge in [-0.3, -0.25) is 10.1 Å². The number of hydrogen-bond acceptors (Lipinski definition) is 6. The first kappa shape index (κ1) is 16.7. The van der Waals surface area contributed by atoms with Crippen molar-refractivity contribution in [3.63, 3.8) is 0 Å². The molecule has 0 amide bonds. The summed E-state index contributed by atoms with van der Waals surface area (Å²) in [5, 5.41) is 11.7. The van der Waals surface area contributed by atoms with Crippen LogP contribution in [-0.4, -0.2) is 23.2 Å². The van der Waals surface area contributed by atoms with Crippen LogP contribution in [0, 0.1) is 10.1 Å². The van der Waals surface area contributed by atoms with E-state index in [0.29, 0.717) is 10.7 Å². The molecular formula is C18H12ClN3O3S. The first-order valence-corrected chi connectivity index (χ1v) is 8.89. The average Bonchev–Trinajstić information content (AvgIpc) is 3.17. The van der Waals surface area contributed by atoms with Gasteiger partial charge < -0.3 is 4.74 Å². The Bertz CT molecular complexity index is 1060. The van der Waals surface area contributed by atoms with Crippen LogP contribution >= 0.6 is 22.9 Å². The highest BCUT2D eigenvalue weighted by molar-refractivity contribution is 7.15. The van der Waals surface area contributed by atoms with E-state index in [1.165, 1.54) is 29.0 Å². The SMILES string of the molecule is COc1ccc2c(c1)Cc1sc(N=Cc3ccc(Cl)c([N+](=O)[O-])c3)nc1-2. The summed E-state index contributed by atoms with van der Waals surface area (Å²) in [5.74, 6) is 0.835. The molecule has 0 spiro atoms. The highest BCUT2D eigenvalue weighted by Gasteiger charge is 2.23. The second kappa shape index (κ2) is 6.51. The molecule has 1 aromatic heterocycles. The predicted octanol–water partition coefficient (Wildman–Crippen LogP) is 5.04. The van der Waals surface area contributed by atoms with E-state index in [4.69, 9.17) is 16.3 Å². The van der Waals surface area contributed by atoms with E-state index in [0.717, 1.165) is 28.3 Å². The quantitative estimate of drug-likeness (QED) is 0.280. The van der Waals surface area contributed by atoms with Crippen molar-refractivity contribution in [3.8, 4) is 17.0 Å². The molecule has 0 aliphatic heterocycles. The summed E-state index contributed by atoms with van der Waals surface area (Å²) in [5.41, 5.74) is 3.70. The number of benzene rings is 2. The minimum Gasteiger partial charge on any atom is -0.497 e. The number of nitro groups is 1. The molecule has 0 fully saturated rings. The normalized spacial score (nSPS) is 12.2. The van der Waals surface area contributed by atoms with Gasteiger partial charge in [0.25, 0.3) is 5.69 Å². The summed E-state index contributed by atoms with van der Waals surface area (Å²) < 4.78 is 5.26. The van der Waals surface area contributed by atoms with Crippen LogP contribution in [0.25, 0.3) is 11.3 Å². The van der Waals surface area contributed by atoms with E-state index in [1.807, 2.05) is 18.2 Å². The molecule has 0 saturated carbocycles. The molecule has 8 heteroatoms. The number of methoxy groups -OCH3 is 1. The van der Waals surface area contributed by atoms with Crippen molar-refractivity contribution in [1.29, 1.82) is 0 Å². The Morgan fingerprint density at radius 2 is 2.19 bits per heavy atom. The Kier molecular flexibility index (Phi) is 4.18. The summed E-state index contributed by atoms with van der Waals surface area (Å²) in [6.07, 6.45) is 2.37. The van der Waals surface area contributed by atoms with Crippen LogP contribution in [0.2, 0.25) is 5.02 Å². The lowest BCUT2D eigenvalue weighted by molar-refractivity contribution is -0.384. The standard InChI is InChI=1S/C18H12ClN3O3S/c1-25-12-3-4-13-11(7-12)8-16-17(13)21-18(26-16)20-9-10-2-5-14(19)15(6-10)22(23)24/h2-7,9H,8H2,1H3. The van der Waals surface area contributed by atoms with E-state index in [2.05, 4.69) is 9.98 Å². The fourth-order valence-electron chi connectivity index (χ4n) is 2.85. The number of nitrogens with zero attached hydrogens (tertiary/aromatic N) is 3. The van der Waals surface area contributed by atoms with Gasteiger partial charge in [-0.05, 0) is 35.4 Å². The van der Waals surface area contributed by atoms with Gasteiger partial charge in [0.05, 0.1) is 17.7 Å². The van der Waals surface area contributed by atoms with E-state index in [-0.39, 0.29) is 10.7 Å². The number of fused-ring (bicyclic) bond motifs is 3. The molecular weight excluding hydrogens is 374 g/mol. The molecule has 2 aromatic carbocycles. The minimum atomic E-state index is -0.511. The monoisotopic (exact) mass is 385 g/mol. The first-order valence-electron chi connectivity index (χ1n) is 7.70. The minimum absolute atomic E-state index is 0.104. The van der Waals surface area contributed by atoms with E-state index in [1.54, 1.807) is 19.4 Å². The topological polar surface area (TPSA) is 77.6 Å². The molecule has 1 aliphatic carbocycles. The number of ether oxygens (including phenoxy) is 1. The van der Waals surface area contributed by atoms with E-state index >= 15 is 0 Å². The summed E-state index contributed by atoms with van der Waals surface area (Å²) in [6.45, 7) is 0. The molecule has 4 rings (SSSR count). The molecule has 1 aliphatic rings. The van der Waals surface area contributed by atoms with Crippen LogP contribution in [-0.2, 0) is 6.42 Å². The zero-order chi connectivity index (χ0) is 18.3. The van der Waals surface area contributed by atoms with Gasteiger partial charge in [-0.1, -0.05) is 29.0 Å². The first-order chi connectivity index (χ1) is 12.5. The fraction of sp³-hybridized carbons (Fsp3) is 0.111. The smallest absolute Gasteiger partial charge is 0.288 e. The van der Waals surface area contributed by atoms with Gasteiger partial charge in [0.2, 0.25) is 5.13 Å². The number of halogens is 1. The van der Waals surface area contributed by atoms with Crippen molar-refractivity contribution >= 4 is 40.0 Å². The zero-order valence-corrected chi connectivity index (χ0v) is 15.2. The van der Waals surface area contributed by atoms with Crippen LogP contribution in [0.3, 0.4) is 0 Å². The summed E-state index contributed by atoms with van der Waals surface area (Å²) in [7, 11) is 1.65. The van der Waals surface area contributed by atoms with E-state index in [9.17, 15) is 10.1 Å². The lowest BCUT2D eigenvalue weighted by Gasteiger charge is -2.03. The molecule has 0 N–H and O–H groups in total. The highest BCUT2D eigenvalue weighted by atomic mass is 35.5. The second-order valence-corrected chi connectivity index (χ2v) is 7.16. The van der Waals surface area contributed by atoms with Crippen molar-refractivity contribution in [2.24, 2.45) is 4.99 Å². The molecule has 130 valence electrons. The fourth-order valence-corrected chi connectivity index (χ4v) is 3.98. The van der Waals surface area contributed by atoms with E-state index < -0.39 is 4.92 Å². The molecule has 0 saturated heterocycles. The number of aliphatic imine (C=N–C) groups is 1. The molecule has 0 atom stereocenters. The van der Waals surface area contributed by atoms with Gasteiger partial charge in [-0.2, -0.15) is 0 Å². The third-order valence-corrected chi connectivity index (χ3v) is 5.38. The van der Waals surface area contributed by atoms with Crippen LogP contribution in [0.15, 0.2) is 41.4 Å². The molecule has 26 heavy (non-hydrogen) atoms. The molecule has 1 heterocycles. The summed E-state index contributed by atoms with van der Waals surface area (Å²) >= 11 is 7.34. The van der Waals surface area contributed by atoms with Crippen LogP contribution in [0.4, 0.5) is 10.8 Å². The summed E-state index contributed by atoms with van der Waals surface area (Å²) in [6, 6.07) is 10.5. The number of hydrogen-bond donors (Lipinski definition) is 0. The maximum atomic E-state index is 11.0. The Labute approximate surface area is 157 Å². The molecule has 3 aromatic rings. The maximum absolute atomic E-state index is 11.0. The zero-order valence-electron chi connectivity index (χ0n) is 13.6. The van der Waals surface area contributed by atoms with Gasteiger partial charge in [-0.25, -0.2) is 9.98 Å². The lowest BCUT2D eigenvalue weighted by atomic mass is 10.1. The Balaban J connectivity index is 1.61. The Morgan fingerprint density at radius 3 is 2.96 bits per heavy atom. The van der Waals surface area contributed by atoms with Crippen LogP contribution in [0.1, 0.15) is 16.0 Å². The molecule has 0 unspecified atom stereocenters. The van der Waals surface area contributed by atoms with Gasteiger partial charge in [-0.15, -0.1) is 0 Å². The largest absolute Gasteiger partial charge is 0.497 e. The van der Waals surface area contributed by atoms with Crippen LogP contribution < -0.4 is 4.74 Å². The Hall–Kier alpha value is -2.77.